The Morgan fingerprint density at radius 3 is 2.77 bits per heavy atom. The summed E-state index contributed by atoms with van der Waals surface area (Å²) in [7, 11) is 0. The molecule has 0 aliphatic carbocycles. The molecule has 2 nitrogen and oxygen atoms in total. The molecule has 1 aliphatic heterocycles. The van der Waals surface area contributed by atoms with Crippen LogP contribution in [0.25, 0.3) is 0 Å². The van der Waals surface area contributed by atoms with Gasteiger partial charge in [-0.05, 0) is 18.1 Å². The Kier molecular flexibility index (Phi) is 2.20. The highest BCUT2D eigenvalue weighted by Crippen LogP contribution is 1.98. The van der Waals surface area contributed by atoms with E-state index in [9.17, 15) is 0 Å². The molecule has 0 spiro atoms. The van der Waals surface area contributed by atoms with Crippen LogP contribution in [0.1, 0.15) is 5.56 Å². The largest absolute Gasteiger partial charge is 0.466 e. The standard InChI is InChI=1S/C11H9NO/c1-2-4-10(5-3-1)6-7-11-12-8-9-13-11/h1-5,8-9,11-12H. The van der Waals surface area contributed by atoms with Gasteiger partial charge in [-0.25, -0.2) is 0 Å². The molecule has 0 aromatic heterocycles. The van der Waals surface area contributed by atoms with Crippen molar-refractivity contribution < 1.29 is 4.74 Å². The summed E-state index contributed by atoms with van der Waals surface area (Å²) in [5, 5.41) is 2.95. The van der Waals surface area contributed by atoms with E-state index in [0.717, 1.165) is 5.56 Å². The van der Waals surface area contributed by atoms with Gasteiger partial charge in [0.05, 0.1) is 0 Å². The van der Waals surface area contributed by atoms with Crippen LogP contribution in [0.4, 0.5) is 0 Å². The van der Waals surface area contributed by atoms with Crippen LogP contribution >= 0.6 is 0 Å². The lowest BCUT2D eigenvalue weighted by atomic mass is 10.2. The zero-order valence-corrected chi connectivity index (χ0v) is 7.03. The lowest BCUT2D eigenvalue weighted by Crippen LogP contribution is -2.17. The van der Waals surface area contributed by atoms with Gasteiger partial charge in [0, 0.05) is 11.8 Å². The molecule has 0 saturated heterocycles. The quantitative estimate of drug-likeness (QED) is 0.596. The monoisotopic (exact) mass is 171 g/mol. The molecule has 1 unspecified atom stereocenters. The first-order valence-electron chi connectivity index (χ1n) is 4.08. The third kappa shape index (κ3) is 2.03. The van der Waals surface area contributed by atoms with E-state index in [4.69, 9.17) is 4.74 Å². The van der Waals surface area contributed by atoms with Gasteiger partial charge in [-0.15, -0.1) is 0 Å². The number of ether oxygens (including phenoxy) is 1. The molecule has 0 radical (unpaired) electrons. The molecule has 0 saturated carbocycles. The number of rotatable bonds is 0. The average molecular weight is 171 g/mol. The SMILES string of the molecule is C(#CC1NC=CO1)c1ccccc1. The summed E-state index contributed by atoms with van der Waals surface area (Å²) in [4.78, 5) is 0. The van der Waals surface area contributed by atoms with Crippen molar-refractivity contribution in [3.05, 3.63) is 48.4 Å². The molecule has 64 valence electrons. The van der Waals surface area contributed by atoms with Crippen LogP contribution in [0, 0.1) is 11.8 Å². The summed E-state index contributed by atoms with van der Waals surface area (Å²) in [5.74, 6) is 5.96. The van der Waals surface area contributed by atoms with Gasteiger partial charge in [0.2, 0.25) is 6.23 Å². The van der Waals surface area contributed by atoms with Crippen molar-refractivity contribution in [1.29, 1.82) is 0 Å². The summed E-state index contributed by atoms with van der Waals surface area (Å²) >= 11 is 0. The van der Waals surface area contributed by atoms with E-state index < -0.39 is 0 Å². The normalized spacial score (nSPS) is 18.3. The van der Waals surface area contributed by atoms with E-state index in [1.807, 2.05) is 30.3 Å². The highest BCUT2D eigenvalue weighted by molar-refractivity contribution is 5.34. The van der Waals surface area contributed by atoms with Crippen LogP contribution in [0.5, 0.6) is 0 Å². The van der Waals surface area contributed by atoms with Crippen LogP contribution in [-0.4, -0.2) is 6.23 Å². The first-order chi connectivity index (χ1) is 6.45. The molecule has 1 atom stereocenters. The maximum atomic E-state index is 5.11. The van der Waals surface area contributed by atoms with E-state index in [1.165, 1.54) is 0 Å². The second-order valence-corrected chi connectivity index (χ2v) is 2.62. The maximum Gasteiger partial charge on any atom is 0.232 e. The van der Waals surface area contributed by atoms with Crippen molar-refractivity contribution in [3.63, 3.8) is 0 Å². The third-order valence-electron chi connectivity index (χ3n) is 1.65. The van der Waals surface area contributed by atoms with Crippen molar-refractivity contribution in [2.45, 2.75) is 6.23 Å². The molecule has 1 heterocycles. The van der Waals surface area contributed by atoms with Crippen molar-refractivity contribution in [2.24, 2.45) is 0 Å². The van der Waals surface area contributed by atoms with Gasteiger partial charge in [0.15, 0.2) is 0 Å². The molecule has 1 aromatic rings. The molecule has 1 aromatic carbocycles. The molecule has 2 rings (SSSR count). The number of hydrogen-bond acceptors (Lipinski definition) is 2. The minimum Gasteiger partial charge on any atom is -0.466 e. The number of benzene rings is 1. The fraction of sp³-hybridized carbons (Fsp3) is 0.0909. The Morgan fingerprint density at radius 1 is 1.23 bits per heavy atom. The molecule has 1 aliphatic rings. The van der Waals surface area contributed by atoms with Crippen molar-refractivity contribution in [1.82, 2.24) is 5.32 Å². The summed E-state index contributed by atoms with van der Waals surface area (Å²) in [6.45, 7) is 0. The van der Waals surface area contributed by atoms with Gasteiger partial charge in [0.1, 0.15) is 6.26 Å². The summed E-state index contributed by atoms with van der Waals surface area (Å²) in [6, 6.07) is 9.83. The lowest BCUT2D eigenvalue weighted by molar-refractivity contribution is 0.206. The minimum absolute atomic E-state index is 0.194. The first kappa shape index (κ1) is 7.75. The van der Waals surface area contributed by atoms with E-state index >= 15 is 0 Å². The Balaban J connectivity index is 2.04. The number of hydrogen-bond donors (Lipinski definition) is 1. The zero-order valence-electron chi connectivity index (χ0n) is 7.03. The Hall–Kier alpha value is -1.88. The van der Waals surface area contributed by atoms with Crippen molar-refractivity contribution in [2.75, 3.05) is 0 Å². The molecule has 1 N–H and O–H groups in total. The van der Waals surface area contributed by atoms with Gasteiger partial charge in [-0.3, -0.25) is 0 Å². The number of nitrogens with one attached hydrogen (secondary N) is 1. The maximum absolute atomic E-state index is 5.11. The topological polar surface area (TPSA) is 21.3 Å². The molecular formula is C11H9NO. The van der Waals surface area contributed by atoms with Gasteiger partial charge >= 0.3 is 0 Å². The van der Waals surface area contributed by atoms with Gasteiger partial charge < -0.3 is 10.1 Å². The van der Waals surface area contributed by atoms with Crippen LogP contribution < -0.4 is 5.32 Å². The van der Waals surface area contributed by atoms with Gasteiger partial charge in [-0.2, -0.15) is 0 Å². The van der Waals surface area contributed by atoms with E-state index in [0.29, 0.717) is 0 Å². The summed E-state index contributed by atoms with van der Waals surface area (Å²) < 4.78 is 5.11. The smallest absolute Gasteiger partial charge is 0.232 e. The summed E-state index contributed by atoms with van der Waals surface area (Å²) in [5.41, 5.74) is 1.000. The predicted octanol–water partition coefficient (Wildman–Crippen LogP) is 1.46. The second-order valence-electron chi connectivity index (χ2n) is 2.62. The molecular weight excluding hydrogens is 162 g/mol. The molecule has 2 heteroatoms. The van der Waals surface area contributed by atoms with Gasteiger partial charge in [-0.1, -0.05) is 24.1 Å². The fourth-order valence-electron chi connectivity index (χ4n) is 1.03. The Bertz CT molecular complexity index is 351. The third-order valence-corrected chi connectivity index (χ3v) is 1.65. The van der Waals surface area contributed by atoms with E-state index in [1.54, 1.807) is 12.5 Å². The van der Waals surface area contributed by atoms with Crippen LogP contribution in [0.15, 0.2) is 42.8 Å². The predicted molar refractivity (Wildman–Crippen MR) is 50.5 cm³/mol. The molecule has 0 bridgehead atoms. The summed E-state index contributed by atoms with van der Waals surface area (Å²) in [6.07, 6.45) is 3.15. The lowest BCUT2D eigenvalue weighted by Gasteiger charge is -2.00. The first-order valence-corrected chi connectivity index (χ1v) is 4.08. The van der Waals surface area contributed by atoms with Crippen molar-refractivity contribution in [3.8, 4) is 11.8 Å². The fourth-order valence-corrected chi connectivity index (χ4v) is 1.03. The van der Waals surface area contributed by atoms with E-state index in [-0.39, 0.29) is 6.23 Å². The average Bonchev–Trinajstić information content (AvgIpc) is 2.69. The second kappa shape index (κ2) is 3.68. The molecule has 0 amide bonds. The van der Waals surface area contributed by atoms with Crippen LogP contribution in [-0.2, 0) is 4.74 Å². The Labute approximate surface area is 77.2 Å². The van der Waals surface area contributed by atoms with Crippen LogP contribution in [0.3, 0.4) is 0 Å². The Morgan fingerprint density at radius 2 is 2.08 bits per heavy atom. The van der Waals surface area contributed by atoms with E-state index in [2.05, 4.69) is 17.2 Å². The highest BCUT2D eigenvalue weighted by Gasteiger charge is 2.03. The minimum atomic E-state index is -0.194. The van der Waals surface area contributed by atoms with Crippen molar-refractivity contribution >= 4 is 0 Å². The van der Waals surface area contributed by atoms with Gasteiger partial charge in [0.25, 0.3) is 0 Å². The zero-order chi connectivity index (χ0) is 8.93. The van der Waals surface area contributed by atoms with Crippen LogP contribution in [0.2, 0.25) is 0 Å². The highest BCUT2D eigenvalue weighted by atomic mass is 16.5. The molecule has 13 heavy (non-hydrogen) atoms. The molecule has 0 fully saturated rings.